The van der Waals surface area contributed by atoms with Gasteiger partial charge in [0.05, 0.1) is 19.5 Å². The van der Waals surface area contributed by atoms with E-state index in [1.807, 2.05) is 0 Å². The lowest BCUT2D eigenvalue weighted by Crippen LogP contribution is -2.43. The highest BCUT2D eigenvalue weighted by Crippen LogP contribution is 2.48. The third kappa shape index (κ3) is 4.15. The molecule has 1 saturated carbocycles. The summed E-state index contributed by atoms with van der Waals surface area (Å²) < 4.78 is 38.6. The molecule has 0 amide bonds. The van der Waals surface area contributed by atoms with E-state index in [1.165, 1.54) is 0 Å². The second-order valence-corrected chi connectivity index (χ2v) is 8.45. The van der Waals surface area contributed by atoms with Crippen molar-refractivity contribution in [3.63, 3.8) is 0 Å². The molecule has 0 aromatic rings. The Morgan fingerprint density at radius 1 is 1.32 bits per heavy atom. The lowest BCUT2D eigenvalue weighted by Gasteiger charge is -2.44. The van der Waals surface area contributed by atoms with Gasteiger partial charge in [0, 0.05) is 12.8 Å². The fourth-order valence-corrected chi connectivity index (χ4v) is 3.92. The summed E-state index contributed by atoms with van der Waals surface area (Å²) in [4.78, 5) is 0. The molecular formula is C13H24O5S. The lowest BCUT2D eigenvalue weighted by atomic mass is 9.70. The van der Waals surface area contributed by atoms with E-state index in [4.69, 9.17) is 13.7 Å². The van der Waals surface area contributed by atoms with Crippen LogP contribution in [0.15, 0.2) is 0 Å². The quantitative estimate of drug-likeness (QED) is 0.744. The van der Waals surface area contributed by atoms with Gasteiger partial charge in [0.15, 0.2) is 5.79 Å². The molecule has 2 aliphatic rings. The number of hydrogen-bond donors (Lipinski definition) is 0. The van der Waals surface area contributed by atoms with E-state index >= 15 is 0 Å². The minimum atomic E-state index is -3.42. The topological polar surface area (TPSA) is 61.8 Å². The summed E-state index contributed by atoms with van der Waals surface area (Å²) in [6, 6.07) is 0. The SMILES string of the molecule is CC1CC(C)(C)CC2(C1)OCC(COS(C)(=O)=O)O2. The highest BCUT2D eigenvalue weighted by molar-refractivity contribution is 7.85. The number of hydrogen-bond acceptors (Lipinski definition) is 5. The van der Waals surface area contributed by atoms with Gasteiger partial charge in [-0.2, -0.15) is 8.42 Å². The molecular weight excluding hydrogens is 268 g/mol. The van der Waals surface area contributed by atoms with Crippen LogP contribution in [0.1, 0.15) is 40.0 Å². The summed E-state index contributed by atoms with van der Waals surface area (Å²) in [5, 5.41) is 0. The first-order valence-electron chi connectivity index (χ1n) is 6.75. The second kappa shape index (κ2) is 4.98. The smallest absolute Gasteiger partial charge is 0.264 e. The molecule has 19 heavy (non-hydrogen) atoms. The van der Waals surface area contributed by atoms with E-state index in [-0.39, 0.29) is 18.1 Å². The van der Waals surface area contributed by atoms with Crippen LogP contribution in [0.25, 0.3) is 0 Å². The largest absolute Gasteiger partial charge is 0.347 e. The minimum Gasteiger partial charge on any atom is -0.347 e. The van der Waals surface area contributed by atoms with Crippen LogP contribution in [0.3, 0.4) is 0 Å². The van der Waals surface area contributed by atoms with Crippen LogP contribution in [0.2, 0.25) is 0 Å². The molecule has 0 N–H and O–H groups in total. The van der Waals surface area contributed by atoms with Crippen molar-refractivity contribution in [1.82, 2.24) is 0 Å². The van der Waals surface area contributed by atoms with Crippen molar-refractivity contribution in [3.8, 4) is 0 Å². The van der Waals surface area contributed by atoms with E-state index in [0.717, 1.165) is 25.5 Å². The van der Waals surface area contributed by atoms with Crippen molar-refractivity contribution in [2.75, 3.05) is 19.5 Å². The van der Waals surface area contributed by atoms with Crippen molar-refractivity contribution in [1.29, 1.82) is 0 Å². The van der Waals surface area contributed by atoms with Gasteiger partial charge in [-0.05, 0) is 17.8 Å². The zero-order valence-corrected chi connectivity index (χ0v) is 13.0. The molecule has 1 aliphatic heterocycles. The Labute approximate surface area is 115 Å². The highest BCUT2D eigenvalue weighted by Gasteiger charge is 2.49. The van der Waals surface area contributed by atoms with Crippen LogP contribution in [-0.4, -0.2) is 39.8 Å². The van der Waals surface area contributed by atoms with Crippen LogP contribution in [0.4, 0.5) is 0 Å². The van der Waals surface area contributed by atoms with Crippen LogP contribution in [0.5, 0.6) is 0 Å². The first kappa shape index (κ1) is 15.2. The lowest BCUT2D eigenvalue weighted by molar-refractivity contribution is -0.218. The third-order valence-corrected chi connectivity index (χ3v) is 4.25. The Morgan fingerprint density at radius 3 is 2.58 bits per heavy atom. The predicted molar refractivity (Wildman–Crippen MR) is 71.1 cm³/mol. The van der Waals surface area contributed by atoms with E-state index in [1.54, 1.807) is 0 Å². The fourth-order valence-electron chi connectivity index (χ4n) is 3.52. The molecule has 2 rings (SSSR count). The maximum absolute atomic E-state index is 11.0. The van der Waals surface area contributed by atoms with Gasteiger partial charge in [-0.25, -0.2) is 0 Å². The molecule has 0 bridgehead atoms. The maximum Gasteiger partial charge on any atom is 0.264 e. The molecule has 3 atom stereocenters. The van der Waals surface area contributed by atoms with Crippen LogP contribution >= 0.6 is 0 Å². The average Bonchev–Trinajstić information content (AvgIpc) is 2.53. The molecule has 0 radical (unpaired) electrons. The summed E-state index contributed by atoms with van der Waals surface area (Å²) in [5.74, 6) is -0.00880. The van der Waals surface area contributed by atoms with Gasteiger partial charge >= 0.3 is 0 Å². The van der Waals surface area contributed by atoms with Gasteiger partial charge in [-0.1, -0.05) is 20.8 Å². The van der Waals surface area contributed by atoms with Gasteiger partial charge in [0.25, 0.3) is 10.1 Å². The van der Waals surface area contributed by atoms with Gasteiger partial charge in [0.1, 0.15) is 6.10 Å². The van der Waals surface area contributed by atoms with Crippen molar-refractivity contribution >= 4 is 10.1 Å². The Balaban J connectivity index is 1.96. The molecule has 1 heterocycles. The highest BCUT2D eigenvalue weighted by atomic mass is 32.2. The minimum absolute atomic E-state index is 0.0371. The first-order valence-corrected chi connectivity index (χ1v) is 8.57. The Kier molecular flexibility index (Phi) is 3.99. The van der Waals surface area contributed by atoms with Gasteiger partial charge in [-0.3, -0.25) is 4.18 Å². The van der Waals surface area contributed by atoms with Crippen molar-refractivity contribution in [3.05, 3.63) is 0 Å². The first-order chi connectivity index (χ1) is 8.59. The summed E-state index contributed by atoms with van der Waals surface area (Å²) >= 11 is 0. The van der Waals surface area contributed by atoms with E-state index in [9.17, 15) is 8.42 Å². The summed E-state index contributed by atoms with van der Waals surface area (Å²) in [6.07, 6.45) is 3.62. The number of ether oxygens (including phenoxy) is 2. The normalized spacial score (nSPS) is 38.7. The molecule has 3 unspecified atom stereocenters. The standard InChI is InChI=1S/C13H24O5S/c1-10-5-12(2,3)9-13(6-10)16-7-11(18-13)8-17-19(4,14)15/h10-11H,5-9H2,1-4H3. The average molecular weight is 292 g/mol. The van der Waals surface area contributed by atoms with E-state index in [2.05, 4.69) is 20.8 Å². The zero-order chi connectivity index (χ0) is 14.3. The Bertz CT molecular complexity index is 430. The molecule has 0 aromatic carbocycles. The van der Waals surface area contributed by atoms with Gasteiger partial charge in [0.2, 0.25) is 0 Å². The molecule has 5 nitrogen and oxygen atoms in total. The van der Waals surface area contributed by atoms with Gasteiger partial charge < -0.3 is 9.47 Å². The van der Waals surface area contributed by atoms with Crippen molar-refractivity contribution in [2.45, 2.75) is 51.9 Å². The molecule has 0 aromatic heterocycles. The molecule has 1 spiro atoms. The monoisotopic (exact) mass is 292 g/mol. The molecule has 1 aliphatic carbocycles. The Hall–Kier alpha value is -0.170. The molecule has 2 fully saturated rings. The summed E-state index contributed by atoms with van der Waals surface area (Å²) in [6.45, 7) is 7.08. The summed E-state index contributed by atoms with van der Waals surface area (Å²) in [7, 11) is -3.42. The third-order valence-electron chi connectivity index (χ3n) is 3.69. The fraction of sp³-hybridized carbons (Fsp3) is 1.00. The summed E-state index contributed by atoms with van der Waals surface area (Å²) in [5.41, 5.74) is 0.185. The zero-order valence-electron chi connectivity index (χ0n) is 12.1. The van der Waals surface area contributed by atoms with Crippen molar-refractivity contribution < 1.29 is 22.1 Å². The molecule has 6 heteroatoms. The molecule has 1 saturated heterocycles. The van der Waals surface area contributed by atoms with Gasteiger partial charge in [-0.15, -0.1) is 0 Å². The maximum atomic E-state index is 11.0. The predicted octanol–water partition coefficient (Wildman–Crippen LogP) is 1.92. The van der Waals surface area contributed by atoms with Crippen molar-refractivity contribution in [2.24, 2.45) is 11.3 Å². The van der Waals surface area contributed by atoms with Crippen LogP contribution < -0.4 is 0 Å². The number of rotatable bonds is 3. The molecule has 112 valence electrons. The van der Waals surface area contributed by atoms with Crippen LogP contribution in [-0.2, 0) is 23.8 Å². The van der Waals surface area contributed by atoms with E-state index < -0.39 is 15.9 Å². The van der Waals surface area contributed by atoms with Crippen LogP contribution in [0, 0.1) is 11.3 Å². The Morgan fingerprint density at radius 2 is 2.00 bits per heavy atom. The van der Waals surface area contributed by atoms with E-state index in [0.29, 0.717) is 12.5 Å². The second-order valence-electron chi connectivity index (χ2n) is 6.80.